The molecule has 0 bridgehead atoms. The van der Waals surface area contributed by atoms with Crippen LogP contribution >= 0.6 is 0 Å². The van der Waals surface area contributed by atoms with Gasteiger partial charge in [0, 0.05) is 24.7 Å². The third-order valence-electron chi connectivity index (χ3n) is 3.93. The lowest BCUT2D eigenvalue weighted by Crippen LogP contribution is -2.45. The lowest BCUT2D eigenvalue weighted by Gasteiger charge is -2.30. The summed E-state index contributed by atoms with van der Waals surface area (Å²) in [6.07, 6.45) is 3.66. The van der Waals surface area contributed by atoms with E-state index in [0.717, 1.165) is 37.4 Å². The number of hydrogen-bond donors (Lipinski definition) is 1. The largest absolute Gasteiger partial charge is 0.494 e. The molecule has 1 atom stereocenters. The second-order valence-electron chi connectivity index (χ2n) is 5.45. The molecule has 1 fully saturated rings. The number of carbonyl (C=O) groups is 1. The van der Waals surface area contributed by atoms with E-state index in [0.29, 0.717) is 12.6 Å². The van der Waals surface area contributed by atoms with Gasteiger partial charge in [-0.1, -0.05) is 6.42 Å². The van der Waals surface area contributed by atoms with E-state index in [1.54, 1.807) is 0 Å². The van der Waals surface area contributed by atoms with Crippen LogP contribution in [0.1, 0.15) is 43.5 Å². The van der Waals surface area contributed by atoms with Gasteiger partial charge in [0.15, 0.2) is 0 Å². The van der Waals surface area contributed by atoms with Crippen LogP contribution in [0.3, 0.4) is 0 Å². The second-order valence-corrected chi connectivity index (χ2v) is 5.45. The molecule has 0 radical (unpaired) electrons. The van der Waals surface area contributed by atoms with Crippen molar-refractivity contribution < 1.29 is 9.53 Å². The molecule has 116 valence electrons. The first-order chi connectivity index (χ1) is 10.2. The minimum Gasteiger partial charge on any atom is -0.494 e. The molecule has 1 aromatic rings. The van der Waals surface area contributed by atoms with Crippen LogP contribution in [-0.4, -0.2) is 43.1 Å². The Bertz CT molecular complexity index is 439. The molecule has 0 spiro atoms. The Morgan fingerprint density at radius 2 is 2.05 bits per heavy atom. The molecule has 0 aromatic heterocycles. The highest BCUT2D eigenvalue weighted by atomic mass is 16.5. The molecular weight excluding hydrogens is 264 g/mol. The van der Waals surface area contributed by atoms with Crippen molar-refractivity contribution in [1.29, 1.82) is 0 Å². The molecule has 0 aliphatic carbocycles. The van der Waals surface area contributed by atoms with Gasteiger partial charge < -0.3 is 15.0 Å². The highest BCUT2D eigenvalue weighted by Gasteiger charge is 2.20. The number of amides is 1. The van der Waals surface area contributed by atoms with Crippen LogP contribution in [0.15, 0.2) is 24.3 Å². The van der Waals surface area contributed by atoms with Crippen LogP contribution in [-0.2, 0) is 0 Å². The topological polar surface area (TPSA) is 41.6 Å². The number of nitrogens with one attached hydrogen (secondary N) is 1. The SMILES string of the molecule is CCOc1ccc(C(=O)N(CC)CC2CCCCN2)cc1. The molecule has 1 saturated heterocycles. The second kappa shape index (κ2) is 8.03. The average Bonchev–Trinajstić information content (AvgIpc) is 2.54. The minimum absolute atomic E-state index is 0.105. The van der Waals surface area contributed by atoms with E-state index >= 15 is 0 Å². The molecule has 1 aliphatic rings. The van der Waals surface area contributed by atoms with E-state index in [1.807, 2.05) is 43.0 Å². The molecule has 21 heavy (non-hydrogen) atoms. The van der Waals surface area contributed by atoms with Gasteiger partial charge in [-0.3, -0.25) is 4.79 Å². The number of likely N-dealkylation sites (N-methyl/N-ethyl adjacent to an activating group) is 1. The van der Waals surface area contributed by atoms with Crippen LogP contribution < -0.4 is 10.1 Å². The Kier molecular flexibility index (Phi) is 6.05. The van der Waals surface area contributed by atoms with E-state index in [1.165, 1.54) is 12.8 Å². The number of carbonyl (C=O) groups excluding carboxylic acids is 1. The Morgan fingerprint density at radius 1 is 1.29 bits per heavy atom. The average molecular weight is 290 g/mol. The van der Waals surface area contributed by atoms with Crippen molar-refractivity contribution in [2.45, 2.75) is 39.2 Å². The summed E-state index contributed by atoms with van der Waals surface area (Å²) in [7, 11) is 0. The lowest BCUT2D eigenvalue weighted by atomic mass is 10.0. The molecule has 4 nitrogen and oxygen atoms in total. The Balaban J connectivity index is 1.97. The molecule has 1 aromatic carbocycles. The summed E-state index contributed by atoms with van der Waals surface area (Å²) in [6, 6.07) is 7.87. The fraction of sp³-hybridized carbons (Fsp3) is 0.588. The number of benzene rings is 1. The molecule has 1 heterocycles. The van der Waals surface area contributed by atoms with Crippen molar-refractivity contribution in [1.82, 2.24) is 10.2 Å². The van der Waals surface area contributed by atoms with Crippen LogP contribution in [0.25, 0.3) is 0 Å². The van der Waals surface area contributed by atoms with Gasteiger partial charge in [0.1, 0.15) is 5.75 Å². The molecule has 2 rings (SSSR count). The standard InChI is InChI=1S/C17H26N2O2/c1-3-19(13-15-7-5-6-12-18-15)17(20)14-8-10-16(11-9-14)21-4-2/h8-11,15,18H,3-7,12-13H2,1-2H3. The smallest absolute Gasteiger partial charge is 0.253 e. The number of hydrogen-bond acceptors (Lipinski definition) is 3. The van der Waals surface area contributed by atoms with Crippen LogP contribution in [0.4, 0.5) is 0 Å². The van der Waals surface area contributed by atoms with Crippen molar-refractivity contribution in [3.05, 3.63) is 29.8 Å². The molecule has 1 unspecified atom stereocenters. The first-order valence-corrected chi connectivity index (χ1v) is 8.00. The Hall–Kier alpha value is -1.55. The quantitative estimate of drug-likeness (QED) is 0.876. The summed E-state index contributed by atoms with van der Waals surface area (Å²) in [6.45, 7) is 7.23. The third kappa shape index (κ3) is 4.46. The fourth-order valence-corrected chi connectivity index (χ4v) is 2.74. The van der Waals surface area contributed by atoms with Gasteiger partial charge in [-0.05, 0) is 57.5 Å². The maximum Gasteiger partial charge on any atom is 0.253 e. The van der Waals surface area contributed by atoms with E-state index in [4.69, 9.17) is 4.74 Å². The molecule has 1 N–H and O–H groups in total. The van der Waals surface area contributed by atoms with Gasteiger partial charge in [0.05, 0.1) is 6.61 Å². The predicted molar refractivity (Wildman–Crippen MR) is 84.8 cm³/mol. The van der Waals surface area contributed by atoms with Gasteiger partial charge in [0.25, 0.3) is 5.91 Å². The van der Waals surface area contributed by atoms with Gasteiger partial charge in [-0.15, -0.1) is 0 Å². The summed E-state index contributed by atoms with van der Waals surface area (Å²) in [4.78, 5) is 14.5. The zero-order chi connectivity index (χ0) is 15.1. The van der Waals surface area contributed by atoms with E-state index in [9.17, 15) is 4.79 Å². The van der Waals surface area contributed by atoms with E-state index in [2.05, 4.69) is 5.32 Å². The zero-order valence-corrected chi connectivity index (χ0v) is 13.1. The van der Waals surface area contributed by atoms with Crippen molar-refractivity contribution >= 4 is 5.91 Å². The maximum absolute atomic E-state index is 12.6. The highest BCUT2D eigenvalue weighted by molar-refractivity contribution is 5.94. The van der Waals surface area contributed by atoms with Gasteiger partial charge in [0.2, 0.25) is 0 Å². The van der Waals surface area contributed by atoms with Crippen LogP contribution in [0, 0.1) is 0 Å². The summed E-state index contributed by atoms with van der Waals surface area (Å²) in [5.74, 6) is 0.916. The van der Waals surface area contributed by atoms with Crippen LogP contribution in [0.2, 0.25) is 0 Å². The molecular formula is C17H26N2O2. The summed E-state index contributed by atoms with van der Waals surface area (Å²) < 4.78 is 5.41. The van der Waals surface area contributed by atoms with Gasteiger partial charge in [-0.2, -0.15) is 0 Å². The van der Waals surface area contributed by atoms with Crippen molar-refractivity contribution in [3.8, 4) is 5.75 Å². The summed E-state index contributed by atoms with van der Waals surface area (Å²) in [5, 5.41) is 3.50. The van der Waals surface area contributed by atoms with Crippen molar-refractivity contribution in [3.63, 3.8) is 0 Å². The highest BCUT2D eigenvalue weighted by Crippen LogP contribution is 2.15. The van der Waals surface area contributed by atoms with E-state index in [-0.39, 0.29) is 5.91 Å². The van der Waals surface area contributed by atoms with Gasteiger partial charge >= 0.3 is 0 Å². The third-order valence-corrected chi connectivity index (χ3v) is 3.93. The molecule has 1 amide bonds. The normalized spacial score (nSPS) is 18.3. The first-order valence-electron chi connectivity index (χ1n) is 8.00. The first kappa shape index (κ1) is 15.8. The molecule has 0 saturated carbocycles. The lowest BCUT2D eigenvalue weighted by molar-refractivity contribution is 0.0741. The summed E-state index contributed by atoms with van der Waals surface area (Å²) in [5.41, 5.74) is 0.733. The zero-order valence-electron chi connectivity index (χ0n) is 13.1. The maximum atomic E-state index is 12.6. The van der Waals surface area contributed by atoms with E-state index < -0.39 is 0 Å². The fourth-order valence-electron chi connectivity index (χ4n) is 2.74. The Labute approximate surface area is 127 Å². The van der Waals surface area contributed by atoms with Crippen molar-refractivity contribution in [2.75, 3.05) is 26.2 Å². The number of piperidine rings is 1. The number of ether oxygens (including phenoxy) is 1. The Morgan fingerprint density at radius 3 is 2.62 bits per heavy atom. The van der Waals surface area contributed by atoms with Crippen LogP contribution in [0.5, 0.6) is 5.75 Å². The molecule has 4 heteroatoms. The summed E-state index contributed by atoms with van der Waals surface area (Å²) >= 11 is 0. The predicted octanol–water partition coefficient (Wildman–Crippen LogP) is 2.69. The number of nitrogens with zero attached hydrogens (tertiary/aromatic N) is 1. The van der Waals surface area contributed by atoms with Gasteiger partial charge in [-0.25, -0.2) is 0 Å². The monoisotopic (exact) mass is 290 g/mol. The number of rotatable bonds is 6. The van der Waals surface area contributed by atoms with Crippen molar-refractivity contribution in [2.24, 2.45) is 0 Å². The minimum atomic E-state index is 0.105. The molecule has 1 aliphatic heterocycles.